The summed E-state index contributed by atoms with van der Waals surface area (Å²) in [6.07, 6.45) is -0.383. The molecule has 1 heterocycles. The molecule has 5 rings (SSSR count). The Hall–Kier alpha value is -4.73. The molecule has 1 amide bonds. The zero-order valence-electron chi connectivity index (χ0n) is 22.1. The van der Waals surface area contributed by atoms with Crippen molar-refractivity contribution < 1.29 is 22.7 Å². The first-order valence-electron chi connectivity index (χ1n) is 12.6. The fourth-order valence-corrected chi connectivity index (χ4v) is 7.28. The standard InChI is InChI=1S/C31H25N3O5S/c1-4-39-28(35)24-17-31(30(18-32,19-33)27(24)22-8-6-5-7-9-22)25-16-21(3)12-15-26(25)34(29(31)36)40(37,38)23-13-10-20(2)11-14-23/h5-16H,4,17H2,1-3H3. The van der Waals surface area contributed by atoms with Gasteiger partial charge in [-0.2, -0.15) is 10.5 Å². The van der Waals surface area contributed by atoms with Crippen LogP contribution in [0.15, 0.2) is 83.3 Å². The van der Waals surface area contributed by atoms with Gasteiger partial charge in [-0.1, -0.05) is 65.7 Å². The van der Waals surface area contributed by atoms with Gasteiger partial charge >= 0.3 is 5.97 Å². The number of fused-ring (bicyclic) bond motifs is 2. The highest BCUT2D eigenvalue weighted by atomic mass is 32.2. The number of sulfonamides is 1. The highest BCUT2D eigenvalue weighted by Gasteiger charge is 2.72. The summed E-state index contributed by atoms with van der Waals surface area (Å²) in [5.74, 6) is -1.74. The maximum absolute atomic E-state index is 14.7. The minimum atomic E-state index is -4.46. The van der Waals surface area contributed by atoms with Gasteiger partial charge in [-0.15, -0.1) is 0 Å². The maximum atomic E-state index is 14.7. The molecule has 8 nitrogen and oxygen atoms in total. The highest BCUT2D eigenvalue weighted by molar-refractivity contribution is 7.93. The predicted octanol–water partition coefficient (Wildman–Crippen LogP) is 4.73. The largest absolute Gasteiger partial charge is 0.463 e. The molecule has 200 valence electrons. The minimum Gasteiger partial charge on any atom is -0.463 e. The number of ether oxygens (including phenoxy) is 1. The summed E-state index contributed by atoms with van der Waals surface area (Å²) in [7, 11) is -4.46. The SMILES string of the molecule is CCOC(=O)C1=C(c2ccccc2)C(C#N)(C#N)C2(C1)C(=O)N(S(=O)(=O)c1ccc(C)cc1)c1ccc(C)cc12. The van der Waals surface area contributed by atoms with Crippen LogP contribution in [0.5, 0.6) is 0 Å². The minimum absolute atomic E-state index is 0.00783. The first kappa shape index (κ1) is 26.9. The molecule has 0 aromatic heterocycles. The fourth-order valence-electron chi connectivity index (χ4n) is 5.80. The van der Waals surface area contributed by atoms with Gasteiger partial charge in [-0.05, 0) is 50.1 Å². The van der Waals surface area contributed by atoms with Crippen molar-refractivity contribution in [3.63, 3.8) is 0 Å². The van der Waals surface area contributed by atoms with Crippen molar-refractivity contribution in [1.82, 2.24) is 0 Å². The molecule has 3 aromatic rings. The maximum Gasteiger partial charge on any atom is 0.334 e. The van der Waals surface area contributed by atoms with Gasteiger partial charge in [0.1, 0.15) is 5.41 Å². The third-order valence-corrected chi connectivity index (χ3v) is 9.33. The summed E-state index contributed by atoms with van der Waals surface area (Å²) >= 11 is 0. The summed E-state index contributed by atoms with van der Waals surface area (Å²) in [5.41, 5.74) is -2.07. The Balaban J connectivity index is 1.85. The van der Waals surface area contributed by atoms with Crippen LogP contribution in [0, 0.1) is 41.9 Å². The lowest BCUT2D eigenvalue weighted by atomic mass is 9.60. The van der Waals surface area contributed by atoms with E-state index in [1.54, 1.807) is 68.4 Å². The molecule has 0 saturated carbocycles. The average molecular weight is 552 g/mol. The first-order chi connectivity index (χ1) is 19.1. The normalized spacial score (nSPS) is 19.3. The third kappa shape index (κ3) is 3.52. The number of carbonyl (C=O) groups excluding carboxylic acids is 2. The van der Waals surface area contributed by atoms with Crippen LogP contribution in [0.1, 0.15) is 35.6 Å². The van der Waals surface area contributed by atoms with Crippen LogP contribution >= 0.6 is 0 Å². The molecule has 0 saturated heterocycles. The number of hydrogen-bond donors (Lipinski definition) is 0. The molecule has 1 aliphatic carbocycles. The molecule has 3 aromatic carbocycles. The molecule has 0 radical (unpaired) electrons. The zero-order valence-corrected chi connectivity index (χ0v) is 23.0. The second-order valence-corrected chi connectivity index (χ2v) is 11.7. The Morgan fingerprint density at radius 2 is 1.60 bits per heavy atom. The van der Waals surface area contributed by atoms with E-state index in [1.165, 1.54) is 18.2 Å². The van der Waals surface area contributed by atoms with Crippen LogP contribution in [-0.4, -0.2) is 26.9 Å². The number of allylic oxidation sites excluding steroid dienone is 1. The van der Waals surface area contributed by atoms with Crippen molar-refractivity contribution in [2.75, 3.05) is 10.9 Å². The Bertz CT molecular complexity index is 1770. The smallest absolute Gasteiger partial charge is 0.334 e. The molecule has 0 fully saturated rings. The van der Waals surface area contributed by atoms with E-state index < -0.39 is 32.7 Å². The predicted molar refractivity (Wildman–Crippen MR) is 147 cm³/mol. The summed E-state index contributed by atoms with van der Waals surface area (Å²) in [4.78, 5) is 27.9. The summed E-state index contributed by atoms with van der Waals surface area (Å²) < 4.78 is 34.1. The van der Waals surface area contributed by atoms with Crippen molar-refractivity contribution >= 4 is 33.2 Å². The van der Waals surface area contributed by atoms with Crippen LogP contribution < -0.4 is 4.31 Å². The van der Waals surface area contributed by atoms with E-state index in [9.17, 15) is 28.5 Å². The third-order valence-electron chi connectivity index (χ3n) is 7.62. The molecule has 0 bridgehead atoms. The molecular formula is C31H25N3O5S. The van der Waals surface area contributed by atoms with Crippen LogP contribution in [0.4, 0.5) is 5.69 Å². The van der Waals surface area contributed by atoms with Gasteiger partial charge in [0.05, 0.1) is 29.3 Å². The highest BCUT2D eigenvalue weighted by Crippen LogP contribution is 2.65. The number of esters is 1. The van der Waals surface area contributed by atoms with Crippen molar-refractivity contribution in [3.05, 3.63) is 101 Å². The molecular weight excluding hydrogens is 526 g/mol. The van der Waals surface area contributed by atoms with E-state index in [2.05, 4.69) is 12.1 Å². The molecule has 0 N–H and O–H groups in total. The Kier molecular flexibility index (Phi) is 6.36. The lowest BCUT2D eigenvalue weighted by molar-refractivity contribution is -0.138. The number of carbonyl (C=O) groups is 2. The van der Waals surface area contributed by atoms with Crippen molar-refractivity contribution in [2.45, 2.75) is 37.5 Å². The van der Waals surface area contributed by atoms with E-state index in [4.69, 9.17) is 4.74 Å². The zero-order chi connectivity index (χ0) is 28.9. The number of hydrogen-bond acceptors (Lipinski definition) is 7. The molecule has 9 heteroatoms. The second-order valence-electron chi connectivity index (χ2n) is 9.90. The number of aryl methyl sites for hydroxylation is 2. The van der Waals surface area contributed by atoms with E-state index in [-0.39, 0.29) is 40.3 Å². The number of benzene rings is 3. The quantitative estimate of drug-likeness (QED) is 0.419. The lowest BCUT2D eigenvalue weighted by Crippen LogP contribution is -2.51. The van der Waals surface area contributed by atoms with Gasteiger partial charge in [-0.3, -0.25) is 4.79 Å². The van der Waals surface area contributed by atoms with Crippen LogP contribution in [0.25, 0.3) is 5.57 Å². The molecule has 1 spiro atoms. The van der Waals surface area contributed by atoms with Crippen LogP contribution in [0.3, 0.4) is 0 Å². The monoisotopic (exact) mass is 551 g/mol. The van der Waals surface area contributed by atoms with E-state index in [0.717, 1.165) is 5.56 Å². The second kappa shape index (κ2) is 9.48. The number of nitriles is 2. The fraction of sp³-hybridized carbons (Fsp3) is 0.226. The van der Waals surface area contributed by atoms with Gasteiger partial charge in [-0.25, -0.2) is 17.5 Å². The van der Waals surface area contributed by atoms with Gasteiger partial charge in [0, 0.05) is 17.6 Å². The first-order valence-corrected chi connectivity index (χ1v) is 14.1. The summed E-state index contributed by atoms with van der Waals surface area (Å²) in [6.45, 7) is 5.23. The number of anilines is 1. The molecule has 1 aliphatic heterocycles. The molecule has 40 heavy (non-hydrogen) atoms. The van der Waals surface area contributed by atoms with Crippen molar-refractivity contribution in [1.29, 1.82) is 10.5 Å². The van der Waals surface area contributed by atoms with Crippen LogP contribution in [-0.2, 0) is 29.8 Å². The summed E-state index contributed by atoms with van der Waals surface area (Å²) in [5, 5.41) is 21.5. The van der Waals surface area contributed by atoms with E-state index >= 15 is 0 Å². The Morgan fingerprint density at radius 3 is 2.20 bits per heavy atom. The van der Waals surface area contributed by atoms with E-state index in [0.29, 0.717) is 15.4 Å². The van der Waals surface area contributed by atoms with Gasteiger partial charge in [0.2, 0.25) is 0 Å². The lowest BCUT2D eigenvalue weighted by Gasteiger charge is -2.34. The Morgan fingerprint density at radius 1 is 0.975 bits per heavy atom. The average Bonchev–Trinajstić information content (AvgIpc) is 3.40. The molecule has 1 atom stereocenters. The van der Waals surface area contributed by atoms with Gasteiger partial charge in [0.15, 0.2) is 5.41 Å². The van der Waals surface area contributed by atoms with E-state index in [1.807, 2.05) is 6.92 Å². The van der Waals surface area contributed by atoms with Gasteiger partial charge in [0.25, 0.3) is 15.9 Å². The van der Waals surface area contributed by atoms with Gasteiger partial charge < -0.3 is 4.74 Å². The van der Waals surface area contributed by atoms with Crippen molar-refractivity contribution in [3.8, 4) is 12.1 Å². The van der Waals surface area contributed by atoms with Crippen LogP contribution in [0.2, 0.25) is 0 Å². The van der Waals surface area contributed by atoms with Crippen molar-refractivity contribution in [2.24, 2.45) is 5.41 Å². The molecule has 2 aliphatic rings. The Labute approximate surface area is 232 Å². The summed E-state index contributed by atoms with van der Waals surface area (Å²) in [6, 6.07) is 23.4. The number of nitrogens with zero attached hydrogens (tertiary/aromatic N) is 3. The topological polar surface area (TPSA) is 128 Å². The molecule has 1 unspecified atom stereocenters. The number of rotatable bonds is 5. The number of amides is 1.